The van der Waals surface area contributed by atoms with Crippen LogP contribution in [0.5, 0.6) is 5.75 Å². The average molecular weight is 362 g/mol. The molecule has 0 aromatic heterocycles. The Hall–Kier alpha value is -0.810. The highest BCUT2D eigenvalue weighted by atomic mass is 79.9. The number of rotatable bonds is 2. The van der Waals surface area contributed by atoms with Crippen molar-refractivity contribution in [3.05, 3.63) is 32.2 Å². The fourth-order valence-corrected chi connectivity index (χ4v) is 2.93. The fraction of sp³-hybridized carbons (Fsp3) is 0.250. The number of esters is 1. The lowest BCUT2D eigenvalue weighted by Crippen LogP contribution is -2.17. The molecule has 1 aromatic rings. The zero-order chi connectivity index (χ0) is 12.4. The highest BCUT2D eigenvalue weighted by Crippen LogP contribution is 2.36. The molecule has 0 aliphatic carbocycles. The van der Waals surface area contributed by atoms with Crippen molar-refractivity contribution < 1.29 is 14.3 Å². The van der Waals surface area contributed by atoms with Gasteiger partial charge in [0.25, 0.3) is 0 Å². The van der Waals surface area contributed by atoms with E-state index in [1.165, 1.54) is 0 Å². The Morgan fingerprint density at radius 3 is 2.94 bits per heavy atom. The van der Waals surface area contributed by atoms with Gasteiger partial charge in [0.15, 0.2) is 0 Å². The van der Waals surface area contributed by atoms with Crippen LogP contribution in [0.25, 0.3) is 6.08 Å². The lowest BCUT2D eigenvalue weighted by atomic mass is 10.1. The van der Waals surface area contributed by atoms with Crippen molar-refractivity contribution in [2.75, 3.05) is 13.2 Å². The molecule has 0 saturated heterocycles. The zero-order valence-corrected chi connectivity index (χ0v) is 12.3. The van der Waals surface area contributed by atoms with Crippen LogP contribution in [0, 0.1) is 0 Å². The Kier molecular flexibility index (Phi) is 3.89. The van der Waals surface area contributed by atoms with Gasteiger partial charge >= 0.3 is 5.97 Å². The summed E-state index contributed by atoms with van der Waals surface area (Å²) in [5.74, 6) is 0.426. The summed E-state index contributed by atoms with van der Waals surface area (Å²) in [6.45, 7) is 2.39. The Morgan fingerprint density at radius 2 is 2.24 bits per heavy atom. The first kappa shape index (κ1) is 12.6. The Bertz CT molecular complexity index is 495. The van der Waals surface area contributed by atoms with E-state index in [0.29, 0.717) is 12.2 Å². The molecule has 5 heteroatoms. The molecule has 0 amide bonds. The highest BCUT2D eigenvalue weighted by molar-refractivity contribution is 9.11. The van der Waals surface area contributed by atoms with Gasteiger partial charge in [0.1, 0.15) is 12.4 Å². The van der Waals surface area contributed by atoms with E-state index < -0.39 is 0 Å². The quantitative estimate of drug-likeness (QED) is 0.755. The van der Waals surface area contributed by atoms with E-state index in [9.17, 15) is 4.79 Å². The first-order chi connectivity index (χ1) is 8.11. The Labute approximate surface area is 116 Å². The van der Waals surface area contributed by atoms with Crippen molar-refractivity contribution in [2.45, 2.75) is 6.92 Å². The van der Waals surface area contributed by atoms with E-state index in [2.05, 4.69) is 31.9 Å². The molecular weight excluding hydrogens is 352 g/mol. The second-order valence-electron chi connectivity index (χ2n) is 3.48. The second-order valence-corrected chi connectivity index (χ2v) is 5.25. The van der Waals surface area contributed by atoms with Crippen LogP contribution in [0.2, 0.25) is 0 Å². The minimum Gasteiger partial charge on any atom is -0.487 e. The summed E-state index contributed by atoms with van der Waals surface area (Å²) in [5, 5.41) is 0. The SMILES string of the molecule is CCOC(=O)C1=Cc2cc(Br)cc(Br)c2OC1. The monoisotopic (exact) mass is 360 g/mol. The molecule has 0 N–H and O–H groups in total. The number of carbonyl (C=O) groups excluding carboxylic acids is 1. The van der Waals surface area contributed by atoms with Gasteiger partial charge in [-0.1, -0.05) is 15.9 Å². The van der Waals surface area contributed by atoms with E-state index in [4.69, 9.17) is 9.47 Å². The third-order valence-electron chi connectivity index (χ3n) is 2.28. The van der Waals surface area contributed by atoms with Crippen LogP contribution in [0.1, 0.15) is 12.5 Å². The normalized spacial score (nSPS) is 13.5. The van der Waals surface area contributed by atoms with Crippen LogP contribution in [-0.4, -0.2) is 19.2 Å². The number of hydrogen-bond donors (Lipinski definition) is 0. The standard InChI is InChI=1S/C12H10Br2O3/c1-2-16-12(15)8-3-7-4-9(13)5-10(14)11(7)17-6-8/h3-5H,2,6H2,1H3. The van der Waals surface area contributed by atoms with Crippen LogP contribution in [0.15, 0.2) is 26.7 Å². The first-order valence-corrected chi connectivity index (χ1v) is 6.70. The summed E-state index contributed by atoms with van der Waals surface area (Å²) < 4.78 is 12.3. The Balaban J connectivity index is 2.37. The molecule has 1 aliphatic heterocycles. The lowest BCUT2D eigenvalue weighted by molar-refractivity contribution is -0.138. The van der Waals surface area contributed by atoms with Crippen molar-refractivity contribution in [3.63, 3.8) is 0 Å². The maximum absolute atomic E-state index is 11.6. The lowest BCUT2D eigenvalue weighted by Gasteiger charge is -2.18. The summed E-state index contributed by atoms with van der Waals surface area (Å²) in [6.07, 6.45) is 1.80. The highest BCUT2D eigenvalue weighted by Gasteiger charge is 2.20. The molecule has 0 radical (unpaired) electrons. The van der Waals surface area contributed by atoms with Gasteiger partial charge in [-0.15, -0.1) is 0 Å². The molecule has 0 atom stereocenters. The summed E-state index contributed by atoms with van der Waals surface area (Å²) in [4.78, 5) is 11.6. The third-order valence-corrected chi connectivity index (χ3v) is 3.32. The summed E-state index contributed by atoms with van der Waals surface area (Å²) in [6, 6.07) is 3.81. The van der Waals surface area contributed by atoms with Crippen LogP contribution >= 0.6 is 31.9 Å². The second kappa shape index (κ2) is 5.23. The van der Waals surface area contributed by atoms with Gasteiger partial charge in [-0.25, -0.2) is 4.79 Å². The predicted molar refractivity (Wildman–Crippen MR) is 71.9 cm³/mol. The Morgan fingerprint density at radius 1 is 1.47 bits per heavy atom. The third kappa shape index (κ3) is 2.72. The van der Waals surface area contributed by atoms with Crippen LogP contribution in [0.3, 0.4) is 0 Å². The van der Waals surface area contributed by atoms with Gasteiger partial charge in [-0.05, 0) is 41.1 Å². The number of ether oxygens (including phenoxy) is 2. The smallest absolute Gasteiger partial charge is 0.337 e. The van der Waals surface area contributed by atoms with Gasteiger partial charge in [-0.3, -0.25) is 0 Å². The molecule has 1 aromatic carbocycles. The summed E-state index contributed by atoms with van der Waals surface area (Å²) >= 11 is 6.82. The molecule has 2 rings (SSSR count). The topological polar surface area (TPSA) is 35.5 Å². The van der Waals surface area contributed by atoms with E-state index in [1.54, 1.807) is 13.0 Å². The molecule has 17 heavy (non-hydrogen) atoms. The van der Waals surface area contributed by atoms with Crippen LogP contribution in [0.4, 0.5) is 0 Å². The summed E-state index contributed by atoms with van der Waals surface area (Å²) in [5.41, 5.74) is 1.39. The molecule has 1 heterocycles. The van der Waals surface area contributed by atoms with E-state index >= 15 is 0 Å². The maximum atomic E-state index is 11.6. The van der Waals surface area contributed by atoms with Gasteiger partial charge in [-0.2, -0.15) is 0 Å². The van der Waals surface area contributed by atoms with Crippen molar-refractivity contribution in [1.82, 2.24) is 0 Å². The summed E-state index contributed by atoms with van der Waals surface area (Å²) in [7, 11) is 0. The molecule has 0 spiro atoms. The number of carbonyl (C=O) groups is 1. The molecule has 3 nitrogen and oxygen atoms in total. The van der Waals surface area contributed by atoms with Gasteiger partial charge in [0.2, 0.25) is 0 Å². The molecule has 90 valence electrons. The van der Waals surface area contributed by atoms with Crippen LogP contribution < -0.4 is 4.74 Å². The number of benzene rings is 1. The first-order valence-electron chi connectivity index (χ1n) is 5.11. The van der Waals surface area contributed by atoms with Crippen molar-refractivity contribution in [1.29, 1.82) is 0 Å². The number of halogens is 2. The van der Waals surface area contributed by atoms with Crippen molar-refractivity contribution in [2.24, 2.45) is 0 Å². The van der Waals surface area contributed by atoms with E-state index in [-0.39, 0.29) is 12.6 Å². The molecule has 0 saturated carbocycles. The largest absolute Gasteiger partial charge is 0.487 e. The number of hydrogen-bond acceptors (Lipinski definition) is 3. The molecule has 0 fully saturated rings. The van der Waals surface area contributed by atoms with E-state index in [0.717, 1.165) is 20.3 Å². The molecule has 0 bridgehead atoms. The van der Waals surface area contributed by atoms with Crippen LogP contribution in [-0.2, 0) is 9.53 Å². The van der Waals surface area contributed by atoms with Gasteiger partial charge in [0, 0.05) is 10.0 Å². The molecule has 0 unspecified atom stereocenters. The van der Waals surface area contributed by atoms with Crippen molar-refractivity contribution >= 4 is 43.9 Å². The maximum Gasteiger partial charge on any atom is 0.337 e. The minimum absolute atomic E-state index is 0.242. The molecular formula is C12H10Br2O3. The van der Waals surface area contributed by atoms with E-state index in [1.807, 2.05) is 12.1 Å². The predicted octanol–water partition coefficient (Wildman–Crippen LogP) is 3.55. The minimum atomic E-state index is -0.325. The number of fused-ring (bicyclic) bond motifs is 1. The van der Waals surface area contributed by atoms with Gasteiger partial charge in [0.05, 0.1) is 16.7 Å². The molecule has 1 aliphatic rings. The fourth-order valence-electron chi connectivity index (χ4n) is 1.56. The van der Waals surface area contributed by atoms with Crippen molar-refractivity contribution in [3.8, 4) is 5.75 Å². The van der Waals surface area contributed by atoms with Gasteiger partial charge < -0.3 is 9.47 Å². The average Bonchev–Trinajstić information content (AvgIpc) is 2.28. The zero-order valence-electron chi connectivity index (χ0n) is 9.13.